The molecule has 0 aliphatic rings. The first-order valence-electron chi connectivity index (χ1n) is 5.37. The van der Waals surface area contributed by atoms with Crippen molar-refractivity contribution < 1.29 is 17.6 Å². The van der Waals surface area contributed by atoms with Gasteiger partial charge in [0.05, 0.1) is 6.04 Å². The summed E-state index contributed by atoms with van der Waals surface area (Å²) in [5.41, 5.74) is 0.682. The molecule has 2 aromatic rings. The van der Waals surface area contributed by atoms with Crippen LogP contribution in [0.3, 0.4) is 0 Å². The van der Waals surface area contributed by atoms with E-state index in [0.29, 0.717) is 21.8 Å². The molecule has 0 bridgehead atoms. The Morgan fingerprint density at radius 1 is 1.21 bits per heavy atom. The van der Waals surface area contributed by atoms with Gasteiger partial charge >= 0.3 is 6.18 Å². The molecule has 0 saturated carbocycles. The third-order valence-corrected chi connectivity index (χ3v) is 3.65. The average Bonchev–Trinajstić information content (AvgIpc) is 2.82. The zero-order chi connectivity index (χ0) is 14.0. The first-order valence-corrected chi connectivity index (χ1v) is 6.19. The Morgan fingerprint density at radius 2 is 1.84 bits per heavy atom. The second-order valence-corrected chi connectivity index (χ2v) is 4.90. The molecule has 7 heteroatoms. The molecule has 2 rings (SSSR count). The van der Waals surface area contributed by atoms with Gasteiger partial charge in [0.2, 0.25) is 0 Å². The second kappa shape index (κ2) is 5.26. The largest absolute Gasteiger partial charge is 0.443 e. The van der Waals surface area contributed by atoms with Crippen molar-refractivity contribution in [2.75, 3.05) is 7.05 Å². The molecule has 102 valence electrons. The molecule has 0 aliphatic carbocycles. The fourth-order valence-corrected chi connectivity index (χ4v) is 2.60. The number of thiazole rings is 1. The molecular formula is C12H10F4N2S. The van der Waals surface area contributed by atoms with E-state index in [2.05, 4.69) is 10.3 Å². The van der Waals surface area contributed by atoms with E-state index in [1.165, 1.54) is 30.5 Å². The number of halogens is 4. The highest BCUT2D eigenvalue weighted by atomic mass is 32.1. The monoisotopic (exact) mass is 290 g/mol. The summed E-state index contributed by atoms with van der Waals surface area (Å²) in [6.45, 7) is 0. The Morgan fingerprint density at radius 3 is 2.32 bits per heavy atom. The molecule has 0 amide bonds. The smallest absolute Gasteiger partial charge is 0.309 e. The van der Waals surface area contributed by atoms with Gasteiger partial charge in [-0.3, -0.25) is 0 Å². The highest BCUT2D eigenvalue weighted by Crippen LogP contribution is 2.35. The Balaban J connectivity index is 2.32. The number of rotatable bonds is 3. The highest BCUT2D eigenvalue weighted by Gasteiger charge is 2.35. The van der Waals surface area contributed by atoms with Gasteiger partial charge in [-0.15, -0.1) is 11.3 Å². The van der Waals surface area contributed by atoms with Crippen molar-refractivity contribution >= 4 is 11.3 Å². The molecule has 0 radical (unpaired) electrons. The average molecular weight is 290 g/mol. The number of nitrogens with zero attached hydrogens (tertiary/aromatic N) is 1. The normalized spacial score (nSPS) is 13.5. The van der Waals surface area contributed by atoms with Gasteiger partial charge in [-0.2, -0.15) is 13.2 Å². The van der Waals surface area contributed by atoms with Crippen LogP contribution in [0.25, 0.3) is 0 Å². The quantitative estimate of drug-likeness (QED) is 0.874. The summed E-state index contributed by atoms with van der Waals surface area (Å²) in [6, 6.07) is 5.16. The maximum atomic E-state index is 12.8. The molecule has 19 heavy (non-hydrogen) atoms. The van der Waals surface area contributed by atoms with E-state index in [9.17, 15) is 17.6 Å². The second-order valence-electron chi connectivity index (χ2n) is 3.84. The minimum absolute atomic E-state index is 0.390. The molecule has 0 aliphatic heterocycles. The molecule has 0 saturated heterocycles. The van der Waals surface area contributed by atoms with Crippen molar-refractivity contribution in [1.82, 2.24) is 10.3 Å². The van der Waals surface area contributed by atoms with Crippen LogP contribution in [0.1, 0.15) is 21.5 Å². The van der Waals surface area contributed by atoms with Gasteiger partial charge in [-0.1, -0.05) is 12.1 Å². The SMILES string of the molecule is CNC(c1ccc(F)cc1)c1cnc(C(F)(F)F)s1. The molecule has 1 atom stereocenters. The lowest BCUT2D eigenvalue weighted by atomic mass is 10.1. The molecule has 2 nitrogen and oxygen atoms in total. The van der Waals surface area contributed by atoms with Gasteiger partial charge in [-0.05, 0) is 24.7 Å². The summed E-state index contributed by atoms with van der Waals surface area (Å²) in [7, 11) is 1.63. The Hall–Kier alpha value is -1.47. The molecule has 1 unspecified atom stereocenters. The summed E-state index contributed by atoms with van der Waals surface area (Å²) >= 11 is 0.579. The van der Waals surface area contributed by atoms with Crippen molar-refractivity contribution in [2.45, 2.75) is 12.2 Å². The zero-order valence-corrected chi connectivity index (χ0v) is 10.6. The molecule has 1 aromatic heterocycles. The third kappa shape index (κ3) is 3.10. The number of aromatic nitrogens is 1. The van der Waals surface area contributed by atoms with Crippen LogP contribution < -0.4 is 5.32 Å². The first-order chi connectivity index (χ1) is 8.91. The number of hydrogen-bond donors (Lipinski definition) is 1. The van der Waals surface area contributed by atoms with Gasteiger partial charge in [0.1, 0.15) is 5.82 Å². The summed E-state index contributed by atoms with van der Waals surface area (Å²) < 4.78 is 50.3. The molecule has 0 fully saturated rings. The third-order valence-electron chi connectivity index (χ3n) is 2.54. The van der Waals surface area contributed by atoms with Gasteiger partial charge in [0.25, 0.3) is 0 Å². The van der Waals surface area contributed by atoms with E-state index in [4.69, 9.17) is 0 Å². The Bertz CT molecular complexity index is 548. The molecular weight excluding hydrogens is 280 g/mol. The minimum Gasteiger partial charge on any atom is -0.309 e. The van der Waals surface area contributed by atoms with Crippen molar-refractivity contribution in [3.8, 4) is 0 Å². The summed E-state index contributed by atoms with van der Waals surface area (Å²) in [6.07, 6.45) is -3.25. The Labute approximate surface area is 111 Å². The molecule has 1 aromatic carbocycles. The highest BCUT2D eigenvalue weighted by molar-refractivity contribution is 7.11. The van der Waals surface area contributed by atoms with Crippen molar-refractivity contribution in [3.05, 3.63) is 51.7 Å². The standard InChI is InChI=1S/C12H10F4N2S/c1-17-10(7-2-4-8(13)5-3-7)9-6-18-11(19-9)12(14,15)16/h2-6,10,17H,1H3. The van der Waals surface area contributed by atoms with E-state index in [1.807, 2.05) is 0 Å². The van der Waals surface area contributed by atoms with Crippen molar-refractivity contribution in [3.63, 3.8) is 0 Å². The van der Waals surface area contributed by atoms with Crippen molar-refractivity contribution in [1.29, 1.82) is 0 Å². The maximum Gasteiger partial charge on any atom is 0.443 e. The lowest BCUT2D eigenvalue weighted by Crippen LogP contribution is -2.16. The first kappa shape index (κ1) is 14.0. The van der Waals surface area contributed by atoms with Crippen LogP contribution in [0, 0.1) is 5.82 Å². The minimum atomic E-state index is -4.44. The zero-order valence-electron chi connectivity index (χ0n) is 9.83. The number of hydrogen-bond acceptors (Lipinski definition) is 3. The fraction of sp³-hybridized carbons (Fsp3) is 0.250. The van der Waals surface area contributed by atoms with Crippen LogP contribution in [0.4, 0.5) is 17.6 Å². The van der Waals surface area contributed by atoms with Gasteiger partial charge in [0, 0.05) is 11.1 Å². The molecule has 0 spiro atoms. The van der Waals surface area contributed by atoms with Crippen LogP contribution in [0.5, 0.6) is 0 Å². The molecule has 1 heterocycles. The Kier molecular flexibility index (Phi) is 3.86. The topological polar surface area (TPSA) is 24.9 Å². The summed E-state index contributed by atoms with van der Waals surface area (Å²) in [5.74, 6) is -0.390. The predicted molar refractivity (Wildman–Crippen MR) is 64.4 cm³/mol. The maximum absolute atomic E-state index is 12.8. The van der Waals surface area contributed by atoms with E-state index in [-0.39, 0.29) is 5.82 Å². The van der Waals surface area contributed by atoms with Crippen LogP contribution in [-0.2, 0) is 6.18 Å². The van der Waals surface area contributed by atoms with E-state index in [0.717, 1.165) is 0 Å². The number of alkyl halides is 3. The van der Waals surface area contributed by atoms with Gasteiger partial charge < -0.3 is 5.32 Å². The lowest BCUT2D eigenvalue weighted by Gasteiger charge is -2.14. The lowest BCUT2D eigenvalue weighted by molar-refractivity contribution is -0.137. The summed E-state index contributed by atoms with van der Waals surface area (Å²) in [4.78, 5) is 3.81. The van der Waals surface area contributed by atoms with Gasteiger partial charge in [-0.25, -0.2) is 9.37 Å². The van der Waals surface area contributed by atoms with Gasteiger partial charge in [0.15, 0.2) is 5.01 Å². The van der Waals surface area contributed by atoms with E-state index in [1.54, 1.807) is 7.05 Å². The van der Waals surface area contributed by atoms with Crippen LogP contribution >= 0.6 is 11.3 Å². The van der Waals surface area contributed by atoms with Crippen molar-refractivity contribution in [2.24, 2.45) is 0 Å². The number of benzene rings is 1. The van der Waals surface area contributed by atoms with Crippen LogP contribution in [0.15, 0.2) is 30.5 Å². The predicted octanol–water partition coefficient (Wildman–Crippen LogP) is 3.61. The molecule has 1 N–H and O–H groups in total. The van der Waals surface area contributed by atoms with E-state index >= 15 is 0 Å². The fourth-order valence-electron chi connectivity index (χ4n) is 1.68. The summed E-state index contributed by atoms with van der Waals surface area (Å²) in [5, 5.41) is 2.02. The number of nitrogens with one attached hydrogen (secondary N) is 1. The van der Waals surface area contributed by atoms with Crippen LogP contribution in [0.2, 0.25) is 0 Å². The van der Waals surface area contributed by atoms with Crippen LogP contribution in [-0.4, -0.2) is 12.0 Å². The van der Waals surface area contributed by atoms with E-state index < -0.39 is 17.2 Å².